The Morgan fingerprint density at radius 2 is 1.74 bits per heavy atom. The minimum atomic E-state index is -1.02. The average molecular weight is 382 g/mol. The zero-order chi connectivity index (χ0) is 20.0. The lowest BCUT2D eigenvalue weighted by Crippen LogP contribution is -2.49. The molecule has 0 bridgehead atoms. The highest BCUT2D eigenvalue weighted by Gasteiger charge is 2.35. The molecule has 2 heterocycles. The molecule has 27 heavy (non-hydrogen) atoms. The molecule has 3 amide bonds. The van der Waals surface area contributed by atoms with Crippen LogP contribution in [-0.2, 0) is 19.2 Å². The summed E-state index contributed by atoms with van der Waals surface area (Å²) >= 11 is 0. The van der Waals surface area contributed by atoms with Gasteiger partial charge >= 0.3 is 5.97 Å². The normalized spacial score (nSPS) is 23.3. The fraction of sp³-hybridized carbons (Fsp3) is 0.778. The molecule has 0 radical (unpaired) electrons. The fourth-order valence-electron chi connectivity index (χ4n) is 3.67. The van der Waals surface area contributed by atoms with Crippen molar-refractivity contribution in [1.82, 2.24) is 19.6 Å². The largest absolute Gasteiger partial charge is 0.480 e. The number of carboxylic acid groups (broad SMARTS) is 1. The number of carbonyl (C=O) groups is 4. The summed E-state index contributed by atoms with van der Waals surface area (Å²) in [6, 6.07) is -0.405. The van der Waals surface area contributed by atoms with Crippen LogP contribution in [0.4, 0.5) is 0 Å². The van der Waals surface area contributed by atoms with Gasteiger partial charge in [-0.1, -0.05) is 0 Å². The lowest BCUT2D eigenvalue weighted by molar-refractivity contribution is -0.144. The third-order valence-corrected chi connectivity index (χ3v) is 5.25. The Morgan fingerprint density at radius 3 is 2.41 bits per heavy atom. The maximum absolute atomic E-state index is 13.0. The van der Waals surface area contributed by atoms with E-state index in [9.17, 15) is 19.2 Å². The summed E-state index contributed by atoms with van der Waals surface area (Å²) in [6.45, 7) is 4.30. The molecule has 1 atom stereocenters. The van der Waals surface area contributed by atoms with Crippen LogP contribution < -0.4 is 0 Å². The minimum absolute atomic E-state index is 0.0508. The van der Waals surface area contributed by atoms with Gasteiger partial charge in [0.1, 0.15) is 12.6 Å². The molecule has 0 spiro atoms. The Kier molecular flexibility index (Phi) is 7.58. The molecule has 2 aliphatic rings. The molecule has 0 aromatic heterocycles. The molecule has 9 nitrogen and oxygen atoms in total. The average Bonchev–Trinajstić information content (AvgIpc) is 3.09. The van der Waals surface area contributed by atoms with Gasteiger partial charge in [-0.2, -0.15) is 0 Å². The van der Waals surface area contributed by atoms with Crippen molar-refractivity contribution in [3.63, 3.8) is 0 Å². The summed E-state index contributed by atoms with van der Waals surface area (Å²) < 4.78 is 0. The quantitative estimate of drug-likeness (QED) is 0.704. The number of hydrogen-bond acceptors (Lipinski definition) is 5. The van der Waals surface area contributed by atoms with Crippen LogP contribution in [-0.4, -0.2) is 107 Å². The van der Waals surface area contributed by atoms with Crippen molar-refractivity contribution in [2.75, 3.05) is 52.9 Å². The van der Waals surface area contributed by atoms with E-state index in [1.807, 2.05) is 11.9 Å². The highest BCUT2D eigenvalue weighted by molar-refractivity contribution is 5.87. The molecule has 9 heteroatoms. The van der Waals surface area contributed by atoms with Crippen molar-refractivity contribution in [2.45, 2.75) is 38.6 Å². The van der Waals surface area contributed by atoms with Crippen molar-refractivity contribution in [3.05, 3.63) is 0 Å². The van der Waals surface area contributed by atoms with E-state index in [2.05, 4.69) is 0 Å². The molecular formula is C18H30N4O5. The van der Waals surface area contributed by atoms with E-state index in [4.69, 9.17) is 5.11 Å². The predicted molar refractivity (Wildman–Crippen MR) is 97.9 cm³/mol. The number of nitrogens with zero attached hydrogens (tertiary/aromatic N) is 4. The molecule has 0 aliphatic carbocycles. The van der Waals surface area contributed by atoms with Crippen molar-refractivity contribution in [1.29, 1.82) is 0 Å². The summed E-state index contributed by atoms with van der Waals surface area (Å²) in [5.74, 6) is -1.36. The number of aliphatic carboxylic acids is 1. The maximum Gasteiger partial charge on any atom is 0.323 e. The molecule has 2 rings (SSSR count). The maximum atomic E-state index is 13.0. The van der Waals surface area contributed by atoms with Gasteiger partial charge in [-0.05, 0) is 26.3 Å². The summed E-state index contributed by atoms with van der Waals surface area (Å²) in [5.41, 5.74) is 0. The first-order valence-electron chi connectivity index (χ1n) is 9.53. The molecule has 1 N–H and O–H groups in total. The lowest BCUT2D eigenvalue weighted by Gasteiger charge is -2.31. The Balaban J connectivity index is 2.05. The first kappa shape index (κ1) is 21.1. The van der Waals surface area contributed by atoms with E-state index in [1.54, 1.807) is 9.80 Å². The topological polar surface area (TPSA) is 101 Å². The molecule has 0 unspecified atom stereocenters. The number of rotatable bonds is 3. The van der Waals surface area contributed by atoms with E-state index >= 15 is 0 Å². The van der Waals surface area contributed by atoms with Gasteiger partial charge in [-0.3, -0.25) is 19.2 Å². The fourth-order valence-corrected chi connectivity index (χ4v) is 3.67. The highest BCUT2D eigenvalue weighted by Crippen LogP contribution is 2.20. The summed E-state index contributed by atoms with van der Waals surface area (Å²) in [6.07, 6.45) is 2.20. The van der Waals surface area contributed by atoms with Crippen LogP contribution in [0.15, 0.2) is 0 Å². The van der Waals surface area contributed by atoms with Gasteiger partial charge in [-0.15, -0.1) is 0 Å². The molecule has 2 fully saturated rings. The van der Waals surface area contributed by atoms with Gasteiger partial charge in [0.05, 0.1) is 0 Å². The van der Waals surface area contributed by atoms with Gasteiger partial charge in [0.25, 0.3) is 0 Å². The molecular weight excluding hydrogens is 352 g/mol. The summed E-state index contributed by atoms with van der Waals surface area (Å²) in [4.78, 5) is 54.9. The van der Waals surface area contributed by atoms with Crippen LogP contribution in [0.3, 0.4) is 0 Å². The second kappa shape index (κ2) is 9.68. The second-order valence-electron chi connectivity index (χ2n) is 7.31. The summed E-state index contributed by atoms with van der Waals surface area (Å²) in [7, 11) is 1.89. The van der Waals surface area contributed by atoms with Gasteiger partial charge in [0.15, 0.2) is 0 Å². The van der Waals surface area contributed by atoms with Crippen LogP contribution in [0.2, 0.25) is 0 Å². The van der Waals surface area contributed by atoms with Gasteiger partial charge in [0.2, 0.25) is 17.7 Å². The number of carboxylic acids is 1. The Bertz CT molecular complexity index is 582. The van der Waals surface area contributed by atoms with E-state index in [-0.39, 0.29) is 30.7 Å². The third-order valence-electron chi connectivity index (χ3n) is 5.25. The standard InChI is InChI=1S/C18H30N4O5/c1-14(23)22-8-3-5-15(22)18(27)20-7-4-6-16(24)21(13-17(25)26)12-10-19(2)9-11-20/h15H,3-13H2,1-2H3,(H,25,26)/t15-/m1/s1. The third kappa shape index (κ3) is 5.92. The molecule has 0 aromatic carbocycles. The van der Waals surface area contributed by atoms with Crippen LogP contribution in [0.25, 0.3) is 0 Å². The number of hydrogen-bond donors (Lipinski definition) is 1. The summed E-state index contributed by atoms with van der Waals surface area (Å²) in [5, 5.41) is 9.01. The lowest BCUT2D eigenvalue weighted by atomic mass is 10.1. The Labute approximate surface area is 159 Å². The number of likely N-dealkylation sites (N-methyl/N-ethyl adjacent to an activating group) is 1. The van der Waals surface area contributed by atoms with Gasteiger partial charge < -0.3 is 24.7 Å². The van der Waals surface area contributed by atoms with E-state index < -0.39 is 12.0 Å². The monoisotopic (exact) mass is 382 g/mol. The predicted octanol–water partition coefficient (Wildman–Crippen LogP) is -0.535. The molecule has 2 saturated heterocycles. The second-order valence-corrected chi connectivity index (χ2v) is 7.31. The number of carbonyl (C=O) groups excluding carboxylic acids is 3. The molecule has 2 aliphatic heterocycles. The zero-order valence-electron chi connectivity index (χ0n) is 16.2. The molecule has 152 valence electrons. The SMILES string of the molecule is CC(=O)N1CCC[C@@H]1C(=O)N1CCCC(=O)N(CC(=O)O)CCN(C)CC1. The Hall–Kier alpha value is -2.16. The van der Waals surface area contributed by atoms with Crippen molar-refractivity contribution in [3.8, 4) is 0 Å². The van der Waals surface area contributed by atoms with Gasteiger partial charge in [0, 0.05) is 52.6 Å². The molecule has 0 saturated carbocycles. The van der Waals surface area contributed by atoms with Crippen LogP contribution in [0, 0.1) is 0 Å². The first-order valence-corrected chi connectivity index (χ1v) is 9.53. The van der Waals surface area contributed by atoms with Crippen LogP contribution in [0.5, 0.6) is 0 Å². The Morgan fingerprint density at radius 1 is 1.04 bits per heavy atom. The van der Waals surface area contributed by atoms with Crippen molar-refractivity contribution < 1.29 is 24.3 Å². The van der Waals surface area contributed by atoms with Crippen LogP contribution >= 0.6 is 0 Å². The zero-order valence-corrected chi connectivity index (χ0v) is 16.2. The van der Waals surface area contributed by atoms with Crippen LogP contribution in [0.1, 0.15) is 32.6 Å². The van der Waals surface area contributed by atoms with Crippen molar-refractivity contribution in [2.24, 2.45) is 0 Å². The molecule has 0 aromatic rings. The number of likely N-dealkylation sites (tertiary alicyclic amines) is 1. The minimum Gasteiger partial charge on any atom is -0.480 e. The van der Waals surface area contributed by atoms with Crippen molar-refractivity contribution >= 4 is 23.7 Å². The highest BCUT2D eigenvalue weighted by atomic mass is 16.4. The smallest absolute Gasteiger partial charge is 0.323 e. The van der Waals surface area contributed by atoms with E-state index in [1.165, 1.54) is 11.8 Å². The van der Waals surface area contributed by atoms with E-state index in [0.29, 0.717) is 52.1 Å². The number of amides is 3. The first-order chi connectivity index (χ1) is 12.8. The van der Waals surface area contributed by atoms with E-state index in [0.717, 1.165) is 6.42 Å². The van der Waals surface area contributed by atoms with Gasteiger partial charge in [-0.25, -0.2) is 0 Å².